The highest BCUT2D eigenvalue weighted by Crippen LogP contribution is 2.28. The number of carbonyl (C=O) groups is 1. The number of likely N-dealkylation sites (N-methyl/N-ethyl adjacent to an activating group) is 1. The molecule has 1 atom stereocenters. The summed E-state index contributed by atoms with van der Waals surface area (Å²) < 4.78 is 10.7. The van der Waals surface area contributed by atoms with Gasteiger partial charge in [0.1, 0.15) is 15.5 Å². The Morgan fingerprint density at radius 3 is 2.57 bits per heavy atom. The first-order valence-electron chi connectivity index (χ1n) is 9.30. The molecule has 0 radical (unpaired) electrons. The minimum absolute atomic E-state index is 0.0547. The number of nitrogens with zero attached hydrogens (tertiary/aromatic N) is 2. The number of hydrogen-bond acceptors (Lipinski definition) is 8. The highest BCUT2D eigenvalue weighted by Gasteiger charge is 2.21. The van der Waals surface area contributed by atoms with Gasteiger partial charge in [0, 0.05) is 6.54 Å². The molecule has 0 spiro atoms. The highest BCUT2D eigenvalue weighted by molar-refractivity contribution is 7.20. The van der Waals surface area contributed by atoms with Gasteiger partial charge in [0.25, 0.3) is 5.56 Å². The van der Waals surface area contributed by atoms with E-state index in [1.807, 2.05) is 25.8 Å². The van der Waals surface area contributed by atoms with Gasteiger partial charge < -0.3 is 19.6 Å². The lowest BCUT2D eigenvalue weighted by Gasteiger charge is -2.20. The standard InChI is InChI=1S/C19H29N3O5S/c1-10(2)26-9-13(23)7-22(6)8-14-20-17(24)15-12(5)16(28-18(15)21-14)19(25)27-11(3)4/h10-11,13,23H,7-9H2,1-6H3,(H,20,21,24). The van der Waals surface area contributed by atoms with Gasteiger partial charge in [0.05, 0.1) is 36.8 Å². The number of nitrogens with one attached hydrogen (secondary N) is 1. The van der Waals surface area contributed by atoms with E-state index < -0.39 is 12.1 Å². The average molecular weight is 412 g/mol. The predicted octanol–water partition coefficient (Wildman–Crippen LogP) is 2.08. The molecule has 0 aliphatic heterocycles. The smallest absolute Gasteiger partial charge is 0.348 e. The van der Waals surface area contributed by atoms with Crippen molar-refractivity contribution in [2.24, 2.45) is 0 Å². The van der Waals surface area contributed by atoms with Crippen molar-refractivity contribution in [3.63, 3.8) is 0 Å². The molecule has 8 nitrogen and oxygen atoms in total. The lowest BCUT2D eigenvalue weighted by Crippen LogP contribution is -2.33. The quantitative estimate of drug-likeness (QED) is 0.609. The van der Waals surface area contributed by atoms with Crippen molar-refractivity contribution in [1.82, 2.24) is 14.9 Å². The summed E-state index contributed by atoms with van der Waals surface area (Å²) in [5.41, 5.74) is 0.301. The molecule has 0 aliphatic carbocycles. The Hall–Kier alpha value is -1.81. The summed E-state index contributed by atoms with van der Waals surface area (Å²) in [7, 11) is 1.83. The van der Waals surface area contributed by atoms with Crippen molar-refractivity contribution in [3.05, 3.63) is 26.6 Å². The predicted molar refractivity (Wildman–Crippen MR) is 109 cm³/mol. The molecule has 2 N–H and O–H groups in total. The van der Waals surface area contributed by atoms with E-state index in [2.05, 4.69) is 9.97 Å². The van der Waals surface area contributed by atoms with E-state index in [-0.39, 0.29) is 24.4 Å². The van der Waals surface area contributed by atoms with E-state index in [0.29, 0.717) is 39.6 Å². The fraction of sp³-hybridized carbons (Fsp3) is 0.632. The van der Waals surface area contributed by atoms with Gasteiger partial charge in [-0.2, -0.15) is 0 Å². The van der Waals surface area contributed by atoms with Crippen LogP contribution in [0.3, 0.4) is 0 Å². The first-order valence-corrected chi connectivity index (χ1v) is 10.1. The van der Waals surface area contributed by atoms with Gasteiger partial charge in [-0.1, -0.05) is 0 Å². The van der Waals surface area contributed by atoms with E-state index in [1.54, 1.807) is 20.8 Å². The molecule has 2 rings (SSSR count). The number of fused-ring (bicyclic) bond motifs is 1. The van der Waals surface area contributed by atoms with Crippen molar-refractivity contribution in [1.29, 1.82) is 0 Å². The lowest BCUT2D eigenvalue weighted by molar-refractivity contribution is -0.00656. The van der Waals surface area contributed by atoms with Crippen molar-refractivity contribution in [2.45, 2.75) is 59.5 Å². The molecule has 2 heterocycles. The molecule has 0 bridgehead atoms. The zero-order valence-electron chi connectivity index (χ0n) is 17.2. The number of esters is 1. The minimum Gasteiger partial charge on any atom is -0.459 e. The number of aliphatic hydroxyl groups is 1. The van der Waals surface area contributed by atoms with E-state index in [4.69, 9.17) is 9.47 Å². The lowest BCUT2D eigenvalue weighted by atomic mass is 10.2. The number of carbonyl (C=O) groups excluding carboxylic acids is 1. The maximum Gasteiger partial charge on any atom is 0.348 e. The Morgan fingerprint density at radius 2 is 1.96 bits per heavy atom. The van der Waals surface area contributed by atoms with Crippen LogP contribution in [0.5, 0.6) is 0 Å². The normalized spacial score (nSPS) is 13.1. The second-order valence-electron chi connectivity index (χ2n) is 7.44. The molecule has 0 amide bonds. The van der Waals surface area contributed by atoms with Gasteiger partial charge in [-0.05, 0) is 47.2 Å². The van der Waals surface area contributed by atoms with Crippen LogP contribution in [-0.4, -0.2) is 64.5 Å². The number of H-pyrrole nitrogens is 1. The third-order valence-corrected chi connectivity index (χ3v) is 5.11. The molecule has 0 fully saturated rings. The van der Waals surface area contributed by atoms with Crippen LogP contribution in [0.15, 0.2) is 4.79 Å². The van der Waals surface area contributed by atoms with Crippen LogP contribution >= 0.6 is 11.3 Å². The Labute approximate surface area is 168 Å². The SMILES string of the molecule is Cc1c(C(=O)OC(C)C)sc2nc(CN(C)CC(O)COC(C)C)[nH]c(=O)c12. The second kappa shape index (κ2) is 9.60. The summed E-state index contributed by atoms with van der Waals surface area (Å²) in [6, 6.07) is 0. The Kier molecular flexibility index (Phi) is 7.70. The van der Waals surface area contributed by atoms with Gasteiger partial charge in [-0.25, -0.2) is 9.78 Å². The van der Waals surface area contributed by atoms with Crippen LogP contribution in [0.4, 0.5) is 0 Å². The number of aromatic amines is 1. The Bertz CT molecular complexity index is 874. The van der Waals surface area contributed by atoms with Crippen molar-refractivity contribution in [3.8, 4) is 0 Å². The number of thiophene rings is 1. The molecule has 2 aromatic rings. The van der Waals surface area contributed by atoms with Gasteiger partial charge in [-0.3, -0.25) is 9.69 Å². The molecule has 9 heteroatoms. The van der Waals surface area contributed by atoms with Gasteiger partial charge in [0.15, 0.2) is 0 Å². The van der Waals surface area contributed by atoms with Crippen molar-refractivity contribution in [2.75, 3.05) is 20.2 Å². The van der Waals surface area contributed by atoms with E-state index in [0.717, 1.165) is 11.3 Å². The van der Waals surface area contributed by atoms with Gasteiger partial charge >= 0.3 is 5.97 Å². The van der Waals surface area contributed by atoms with Crippen LogP contribution in [0.25, 0.3) is 10.2 Å². The third-order valence-electron chi connectivity index (χ3n) is 3.94. The molecule has 2 aromatic heterocycles. The third kappa shape index (κ3) is 5.84. The van der Waals surface area contributed by atoms with Gasteiger partial charge in [-0.15, -0.1) is 11.3 Å². The molecular formula is C19H29N3O5S. The summed E-state index contributed by atoms with van der Waals surface area (Å²) in [6.07, 6.45) is -0.818. The maximum atomic E-state index is 12.5. The zero-order chi connectivity index (χ0) is 21.0. The highest BCUT2D eigenvalue weighted by atomic mass is 32.1. The number of ether oxygens (including phenoxy) is 2. The zero-order valence-corrected chi connectivity index (χ0v) is 18.1. The summed E-state index contributed by atoms with van der Waals surface area (Å²) >= 11 is 1.16. The van der Waals surface area contributed by atoms with E-state index in [9.17, 15) is 14.7 Å². The summed E-state index contributed by atoms with van der Waals surface area (Å²) in [4.78, 5) is 34.8. The van der Waals surface area contributed by atoms with Crippen molar-refractivity contribution >= 4 is 27.5 Å². The molecule has 1 unspecified atom stereocenters. The number of aryl methyl sites for hydroxylation is 1. The van der Waals surface area contributed by atoms with Crippen LogP contribution in [0, 0.1) is 6.92 Å². The molecular weight excluding hydrogens is 382 g/mol. The van der Waals surface area contributed by atoms with E-state index in [1.165, 1.54) is 0 Å². The van der Waals surface area contributed by atoms with E-state index >= 15 is 0 Å². The first-order chi connectivity index (χ1) is 13.1. The minimum atomic E-state index is -0.635. The molecule has 0 aromatic carbocycles. The molecule has 156 valence electrons. The van der Waals surface area contributed by atoms with Crippen LogP contribution < -0.4 is 5.56 Å². The Morgan fingerprint density at radius 1 is 1.29 bits per heavy atom. The van der Waals surface area contributed by atoms with Crippen LogP contribution in [-0.2, 0) is 16.0 Å². The second-order valence-corrected chi connectivity index (χ2v) is 8.43. The number of aliphatic hydroxyl groups excluding tert-OH is 1. The number of rotatable bonds is 9. The summed E-state index contributed by atoms with van der Waals surface area (Å²) in [6.45, 7) is 10.1. The fourth-order valence-electron chi connectivity index (χ4n) is 2.76. The molecule has 0 saturated carbocycles. The fourth-order valence-corrected chi connectivity index (χ4v) is 3.85. The number of hydrogen-bond donors (Lipinski definition) is 2. The molecule has 28 heavy (non-hydrogen) atoms. The Balaban J connectivity index is 2.16. The summed E-state index contributed by atoms with van der Waals surface area (Å²) in [5.74, 6) is 0.0313. The largest absolute Gasteiger partial charge is 0.459 e. The topological polar surface area (TPSA) is 105 Å². The number of aromatic nitrogens is 2. The summed E-state index contributed by atoms with van der Waals surface area (Å²) in [5, 5.41) is 10.5. The average Bonchev–Trinajstić information content (AvgIpc) is 2.89. The van der Waals surface area contributed by atoms with Crippen LogP contribution in [0.1, 0.15) is 48.8 Å². The van der Waals surface area contributed by atoms with Crippen LogP contribution in [0.2, 0.25) is 0 Å². The monoisotopic (exact) mass is 411 g/mol. The molecule has 0 saturated heterocycles. The van der Waals surface area contributed by atoms with Gasteiger partial charge in [0.2, 0.25) is 0 Å². The maximum absolute atomic E-state index is 12.5. The first kappa shape index (κ1) is 22.5. The van der Waals surface area contributed by atoms with Crippen molar-refractivity contribution < 1.29 is 19.4 Å². The molecule has 0 aliphatic rings.